The van der Waals surface area contributed by atoms with Gasteiger partial charge in [-0.1, -0.05) is 42.5 Å². The van der Waals surface area contributed by atoms with Gasteiger partial charge in [0.1, 0.15) is 6.33 Å². The second-order valence-electron chi connectivity index (χ2n) is 7.68. The quantitative estimate of drug-likeness (QED) is 0.479. The van der Waals surface area contributed by atoms with Crippen LogP contribution in [0.3, 0.4) is 0 Å². The molecule has 0 spiro atoms. The third-order valence-corrected chi connectivity index (χ3v) is 5.78. The van der Waals surface area contributed by atoms with E-state index in [0.29, 0.717) is 25.5 Å². The topological polar surface area (TPSA) is 87.4 Å². The molecule has 0 saturated carbocycles. The van der Waals surface area contributed by atoms with E-state index >= 15 is 0 Å². The van der Waals surface area contributed by atoms with Gasteiger partial charge < -0.3 is 15.1 Å². The second-order valence-corrected chi connectivity index (χ2v) is 7.68. The Hall–Kier alpha value is -3.68. The molecular formula is C23H26N6O2. The number of nitro groups is 1. The van der Waals surface area contributed by atoms with Crippen LogP contribution in [0.5, 0.6) is 0 Å². The highest BCUT2D eigenvalue weighted by molar-refractivity contribution is 5.71. The lowest BCUT2D eigenvalue weighted by Gasteiger charge is -2.37. The Labute approximate surface area is 181 Å². The van der Waals surface area contributed by atoms with Crippen LogP contribution in [0.2, 0.25) is 0 Å². The Balaban J connectivity index is 1.52. The monoisotopic (exact) mass is 418 g/mol. The van der Waals surface area contributed by atoms with Gasteiger partial charge in [-0.2, -0.15) is 0 Å². The summed E-state index contributed by atoms with van der Waals surface area (Å²) >= 11 is 0. The molecule has 0 radical (unpaired) electrons. The van der Waals surface area contributed by atoms with E-state index < -0.39 is 0 Å². The number of anilines is 3. The maximum Gasteiger partial charge on any atom is 0.353 e. The van der Waals surface area contributed by atoms with Gasteiger partial charge in [-0.3, -0.25) is 10.1 Å². The standard InChI is InChI=1S/C23H26N6O2/c1-17-7-6-10-20(18(17)2)27-11-13-28(14-12-27)23-21(29(30)31)22(25-16-26-23)24-15-19-8-4-3-5-9-19/h3-10,16H,11-15H2,1-2H3,(H,24,25,26). The van der Waals surface area contributed by atoms with Crippen LogP contribution in [0, 0.1) is 24.0 Å². The highest BCUT2D eigenvalue weighted by Crippen LogP contribution is 2.33. The molecule has 0 aliphatic carbocycles. The summed E-state index contributed by atoms with van der Waals surface area (Å²) in [4.78, 5) is 24.3. The maximum atomic E-state index is 11.9. The summed E-state index contributed by atoms with van der Waals surface area (Å²) in [6.07, 6.45) is 1.40. The number of piperazine rings is 1. The first-order valence-electron chi connectivity index (χ1n) is 10.4. The summed E-state index contributed by atoms with van der Waals surface area (Å²) in [7, 11) is 0. The summed E-state index contributed by atoms with van der Waals surface area (Å²) in [5.74, 6) is 0.618. The van der Waals surface area contributed by atoms with Crippen molar-refractivity contribution in [2.24, 2.45) is 0 Å². The molecule has 3 aromatic rings. The molecule has 1 aromatic heterocycles. The summed E-state index contributed by atoms with van der Waals surface area (Å²) in [6, 6.07) is 16.1. The van der Waals surface area contributed by atoms with Gasteiger partial charge in [0.15, 0.2) is 0 Å². The summed E-state index contributed by atoms with van der Waals surface area (Å²) < 4.78 is 0. The maximum absolute atomic E-state index is 11.9. The predicted octanol–water partition coefficient (Wildman–Crippen LogP) is 3.94. The van der Waals surface area contributed by atoms with Crippen molar-refractivity contribution in [3.05, 3.63) is 81.7 Å². The van der Waals surface area contributed by atoms with E-state index in [0.717, 1.165) is 18.7 Å². The van der Waals surface area contributed by atoms with Crippen molar-refractivity contribution in [2.45, 2.75) is 20.4 Å². The molecule has 4 rings (SSSR count). The average Bonchev–Trinajstić information content (AvgIpc) is 2.80. The number of nitrogens with one attached hydrogen (secondary N) is 1. The van der Waals surface area contributed by atoms with E-state index in [1.54, 1.807) is 0 Å². The lowest BCUT2D eigenvalue weighted by Crippen LogP contribution is -2.47. The van der Waals surface area contributed by atoms with Crippen LogP contribution < -0.4 is 15.1 Å². The molecule has 0 atom stereocenters. The van der Waals surface area contributed by atoms with Crippen molar-refractivity contribution in [3.63, 3.8) is 0 Å². The van der Waals surface area contributed by atoms with E-state index in [4.69, 9.17) is 0 Å². The van der Waals surface area contributed by atoms with Gasteiger partial charge >= 0.3 is 5.69 Å². The molecule has 0 unspecified atom stereocenters. The Morgan fingerprint density at radius 3 is 2.39 bits per heavy atom. The molecule has 1 aliphatic heterocycles. The van der Waals surface area contributed by atoms with Crippen LogP contribution in [0.25, 0.3) is 0 Å². The molecule has 8 heteroatoms. The number of hydrogen-bond acceptors (Lipinski definition) is 7. The first-order chi connectivity index (χ1) is 15.0. The summed E-state index contributed by atoms with van der Waals surface area (Å²) in [5, 5.41) is 15.0. The van der Waals surface area contributed by atoms with Crippen molar-refractivity contribution in [3.8, 4) is 0 Å². The number of nitrogens with zero attached hydrogens (tertiary/aromatic N) is 5. The molecule has 1 fully saturated rings. The van der Waals surface area contributed by atoms with Gasteiger partial charge in [0.05, 0.1) is 4.92 Å². The van der Waals surface area contributed by atoms with E-state index in [2.05, 4.69) is 52.2 Å². The number of benzene rings is 2. The molecular weight excluding hydrogens is 392 g/mol. The predicted molar refractivity (Wildman–Crippen MR) is 123 cm³/mol. The lowest BCUT2D eigenvalue weighted by molar-refractivity contribution is -0.383. The zero-order chi connectivity index (χ0) is 21.8. The number of aryl methyl sites for hydroxylation is 1. The fraction of sp³-hybridized carbons (Fsp3) is 0.304. The Morgan fingerprint density at radius 1 is 0.968 bits per heavy atom. The minimum absolute atomic E-state index is 0.0707. The Bertz CT molecular complexity index is 1060. The Morgan fingerprint density at radius 2 is 1.68 bits per heavy atom. The van der Waals surface area contributed by atoms with Crippen LogP contribution >= 0.6 is 0 Å². The summed E-state index contributed by atoms with van der Waals surface area (Å²) in [5.41, 5.74) is 4.72. The van der Waals surface area contributed by atoms with E-state index in [9.17, 15) is 10.1 Å². The molecule has 1 saturated heterocycles. The van der Waals surface area contributed by atoms with Gasteiger partial charge in [0.25, 0.3) is 0 Å². The highest BCUT2D eigenvalue weighted by atomic mass is 16.6. The second kappa shape index (κ2) is 8.99. The number of aromatic nitrogens is 2. The average molecular weight is 419 g/mol. The zero-order valence-electron chi connectivity index (χ0n) is 17.8. The summed E-state index contributed by atoms with van der Waals surface area (Å²) in [6.45, 7) is 7.57. The molecule has 1 N–H and O–H groups in total. The van der Waals surface area contributed by atoms with E-state index in [1.165, 1.54) is 23.1 Å². The fourth-order valence-corrected chi connectivity index (χ4v) is 3.92. The van der Waals surface area contributed by atoms with Crippen molar-refractivity contribution >= 4 is 23.0 Å². The molecule has 160 valence electrons. The van der Waals surface area contributed by atoms with Crippen LogP contribution in [0.1, 0.15) is 16.7 Å². The molecule has 8 nitrogen and oxygen atoms in total. The smallest absolute Gasteiger partial charge is 0.353 e. The third kappa shape index (κ3) is 4.42. The molecule has 0 amide bonds. The number of rotatable bonds is 6. The van der Waals surface area contributed by atoms with Crippen molar-refractivity contribution < 1.29 is 4.92 Å². The SMILES string of the molecule is Cc1cccc(N2CCN(c3ncnc(NCc4ccccc4)c3[N+](=O)[O-])CC2)c1C. The van der Waals surface area contributed by atoms with Gasteiger partial charge in [0.2, 0.25) is 11.6 Å². The van der Waals surface area contributed by atoms with Crippen molar-refractivity contribution in [2.75, 3.05) is 41.3 Å². The van der Waals surface area contributed by atoms with Crippen molar-refractivity contribution in [1.82, 2.24) is 9.97 Å². The Kier molecular flexibility index (Phi) is 5.97. The third-order valence-electron chi connectivity index (χ3n) is 5.78. The van der Waals surface area contributed by atoms with E-state index in [-0.39, 0.29) is 16.4 Å². The minimum atomic E-state index is -0.389. The van der Waals surface area contributed by atoms with Gasteiger partial charge in [0, 0.05) is 38.4 Å². The first-order valence-corrected chi connectivity index (χ1v) is 10.4. The molecule has 1 aliphatic rings. The highest BCUT2D eigenvalue weighted by Gasteiger charge is 2.29. The van der Waals surface area contributed by atoms with Gasteiger partial charge in [-0.15, -0.1) is 0 Å². The van der Waals surface area contributed by atoms with Crippen molar-refractivity contribution in [1.29, 1.82) is 0 Å². The molecule has 2 aromatic carbocycles. The number of hydrogen-bond donors (Lipinski definition) is 1. The van der Waals surface area contributed by atoms with Crippen LogP contribution in [-0.4, -0.2) is 41.1 Å². The van der Waals surface area contributed by atoms with Gasteiger partial charge in [-0.05, 0) is 36.6 Å². The molecule has 2 heterocycles. The minimum Gasteiger partial charge on any atom is -0.368 e. The molecule has 0 bridgehead atoms. The van der Waals surface area contributed by atoms with Crippen LogP contribution in [-0.2, 0) is 6.54 Å². The largest absolute Gasteiger partial charge is 0.368 e. The fourth-order valence-electron chi connectivity index (χ4n) is 3.92. The van der Waals surface area contributed by atoms with Crippen LogP contribution in [0.4, 0.5) is 23.0 Å². The molecule has 31 heavy (non-hydrogen) atoms. The first kappa shape index (κ1) is 20.6. The normalized spacial score (nSPS) is 13.9. The van der Waals surface area contributed by atoms with Crippen LogP contribution in [0.15, 0.2) is 54.9 Å². The zero-order valence-corrected chi connectivity index (χ0v) is 17.8. The van der Waals surface area contributed by atoms with E-state index in [1.807, 2.05) is 35.2 Å². The van der Waals surface area contributed by atoms with Gasteiger partial charge in [-0.25, -0.2) is 9.97 Å². The lowest BCUT2D eigenvalue weighted by atomic mass is 10.1.